The number of hydrogen-bond acceptors (Lipinski definition) is 4. The summed E-state index contributed by atoms with van der Waals surface area (Å²) in [6.45, 7) is 3.16. The lowest BCUT2D eigenvalue weighted by Gasteiger charge is -2.34. The molecule has 2 aliphatic rings. The number of nitrogens with zero attached hydrogens (tertiary/aromatic N) is 1. The van der Waals surface area contributed by atoms with Crippen molar-refractivity contribution in [2.45, 2.75) is 37.8 Å². The first-order valence-corrected chi connectivity index (χ1v) is 8.39. The van der Waals surface area contributed by atoms with Crippen LogP contribution >= 0.6 is 0 Å². The molecule has 0 saturated carbocycles. The summed E-state index contributed by atoms with van der Waals surface area (Å²) in [5.41, 5.74) is 1.32. The van der Waals surface area contributed by atoms with E-state index in [1.807, 2.05) is 6.07 Å². The van der Waals surface area contributed by atoms with E-state index in [2.05, 4.69) is 34.5 Å². The lowest BCUT2D eigenvalue weighted by atomic mass is 9.97. The van der Waals surface area contributed by atoms with Gasteiger partial charge in [0.1, 0.15) is 6.04 Å². The Balaban J connectivity index is 1.77. The monoisotopic (exact) mass is 302 g/mol. The van der Waals surface area contributed by atoms with Crippen molar-refractivity contribution in [3.8, 4) is 0 Å². The van der Waals surface area contributed by atoms with Crippen molar-refractivity contribution in [2.75, 3.05) is 26.7 Å². The third-order valence-electron chi connectivity index (χ3n) is 5.04. The molecule has 120 valence electrons. The molecule has 2 fully saturated rings. The molecule has 2 aliphatic heterocycles. The van der Waals surface area contributed by atoms with E-state index in [1.54, 1.807) is 0 Å². The van der Waals surface area contributed by atoms with E-state index in [0.29, 0.717) is 12.0 Å². The van der Waals surface area contributed by atoms with E-state index in [0.717, 1.165) is 32.5 Å². The van der Waals surface area contributed by atoms with Crippen molar-refractivity contribution < 1.29 is 9.53 Å². The number of likely N-dealkylation sites (tertiary alicyclic amines) is 1. The minimum atomic E-state index is -0.0860. The molecule has 0 radical (unpaired) electrons. The lowest BCUT2D eigenvalue weighted by molar-refractivity contribution is -0.146. The topological polar surface area (TPSA) is 41.6 Å². The molecule has 0 amide bonds. The Bertz CT molecular complexity index is 485. The van der Waals surface area contributed by atoms with E-state index in [1.165, 1.54) is 25.5 Å². The molecule has 2 saturated heterocycles. The highest BCUT2D eigenvalue weighted by Gasteiger charge is 2.40. The van der Waals surface area contributed by atoms with Crippen LogP contribution in [0.2, 0.25) is 0 Å². The lowest BCUT2D eigenvalue weighted by Crippen LogP contribution is -2.44. The van der Waals surface area contributed by atoms with E-state index < -0.39 is 0 Å². The van der Waals surface area contributed by atoms with Crippen LogP contribution in [0.1, 0.15) is 37.3 Å². The van der Waals surface area contributed by atoms with E-state index >= 15 is 0 Å². The van der Waals surface area contributed by atoms with Gasteiger partial charge < -0.3 is 10.1 Å². The van der Waals surface area contributed by atoms with E-state index in [-0.39, 0.29) is 12.0 Å². The van der Waals surface area contributed by atoms with Crippen LogP contribution in [0.15, 0.2) is 30.3 Å². The summed E-state index contributed by atoms with van der Waals surface area (Å²) in [6.07, 6.45) is 4.41. The Labute approximate surface area is 132 Å². The second-order valence-corrected chi connectivity index (χ2v) is 6.45. The van der Waals surface area contributed by atoms with Crippen LogP contribution in [-0.4, -0.2) is 43.7 Å². The number of ether oxygens (including phenoxy) is 1. The highest BCUT2D eigenvalue weighted by molar-refractivity contribution is 5.76. The normalized spacial score (nSPS) is 29.4. The van der Waals surface area contributed by atoms with Crippen molar-refractivity contribution in [3.05, 3.63) is 35.9 Å². The predicted molar refractivity (Wildman–Crippen MR) is 86.5 cm³/mol. The Kier molecular flexibility index (Phi) is 5.11. The smallest absolute Gasteiger partial charge is 0.323 e. The number of nitrogens with one attached hydrogen (secondary N) is 1. The summed E-state index contributed by atoms with van der Waals surface area (Å²) < 4.78 is 5.04. The van der Waals surface area contributed by atoms with Gasteiger partial charge in [-0.2, -0.15) is 0 Å². The Morgan fingerprint density at radius 3 is 2.77 bits per heavy atom. The number of rotatable bonds is 4. The highest BCUT2D eigenvalue weighted by Crippen LogP contribution is 2.37. The fourth-order valence-electron chi connectivity index (χ4n) is 3.92. The minimum absolute atomic E-state index is 0.0813. The molecule has 0 aromatic heterocycles. The average molecular weight is 302 g/mol. The van der Waals surface area contributed by atoms with Crippen LogP contribution in [0.25, 0.3) is 0 Å². The minimum Gasteiger partial charge on any atom is -0.468 e. The summed E-state index contributed by atoms with van der Waals surface area (Å²) in [7, 11) is 1.50. The van der Waals surface area contributed by atoms with Crippen LogP contribution in [-0.2, 0) is 9.53 Å². The maximum Gasteiger partial charge on any atom is 0.323 e. The first-order chi connectivity index (χ1) is 10.8. The SMILES string of the molecule is COC(=O)[C@@H]1CC[C@@H](c2ccccc2)N1CC1CCCNC1. The van der Waals surface area contributed by atoms with E-state index in [9.17, 15) is 4.79 Å². The fraction of sp³-hybridized carbons (Fsp3) is 0.611. The highest BCUT2D eigenvalue weighted by atomic mass is 16.5. The van der Waals surface area contributed by atoms with Crippen LogP contribution in [0.5, 0.6) is 0 Å². The largest absolute Gasteiger partial charge is 0.468 e. The molecule has 2 heterocycles. The van der Waals surface area contributed by atoms with Gasteiger partial charge in [0.05, 0.1) is 7.11 Å². The first-order valence-electron chi connectivity index (χ1n) is 8.39. The average Bonchev–Trinajstić information content (AvgIpc) is 2.99. The summed E-state index contributed by atoms with van der Waals surface area (Å²) in [5, 5.41) is 3.48. The molecule has 4 nitrogen and oxygen atoms in total. The van der Waals surface area contributed by atoms with Gasteiger partial charge in [-0.05, 0) is 50.3 Å². The Morgan fingerprint density at radius 2 is 2.09 bits per heavy atom. The zero-order valence-electron chi connectivity index (χ0n) is 13.3. The molecule has 0 bridgehead atoms. The molecule has 3 rings (SSSR count). The quantitative estimate of drug-likeness (QED) is 0.867. The second kappa shape index (κ2) is 7.25. The zero-order valence-corrected chi connectivity index (χ0v) is 13.3. The number of esters is 1. The number of methoxy groups -OCH3 is 1. The molecule has 1 unspecified atom stereocenters. The number of benzene rings is 1. The molecule has 1 aromatic rings. The number of hydrogen-bond donors (Lipinski definition) is 1. The van der Waals surface area contributed by atoms with Gasteiger partial charge >= 0.3 is 5.97 Å². The summed E-state index contributed by atoms with van der Waals surface area (Å²) in [6, 6.07) is 10.8. The molecule has 4 heteroatoms. The standard InChI is InChI=1S/C18H26N2O2/c1-22-18(21)17-10-9-16(15-7-3-2-4-8-15)20(17)13-14-6-5-11-19-12-14/h2-4,7-8,14,16-17,19H,5-6,9-13H2,1H3/t14?,16-,17-/m0/s1. The molecule has 0 spiro atoms. The fourth-order valence-corrected chi connectivity index (χ4v) is 3.92. The van der Waals surface area contributed by atoms with Gasteiger partial charge in [0.2, 0.25) is 0 Å². The molecule has 3 atom stereocenters. The third kappa shape index (κ3) is 3.33. The van der Waals surface area contributed by atoms with Gasteiger partial charge in [-0.1, -0.05) is 30.3 Å². The van der Waals surface area contributed by atoms with Crippen molar-refractivity contribution >= 4 is 5.97 Å². The molecule has 1 aromatic carbocycles. The maximum atomic E-state index is 12.2. The van der Waals surface area contributed by atoms with Gasteiger partial charge in [0.15, 0.2) is 0 Å². The van der Waals surface area contributed by atoms with Gasteiger partial charge in [-0.3, -0.25) is 9.69 Å². The molecule has 22 heavy (non-hydrogen) atoms. The number of carbonyl (C=O) groups excluding carboxylic acids is 1. The van der Waals surface area contributed by atoms with Crippen molar-refractivity contribution in [1.29, 1.82) is 0 Å². The number of carbonyl (C=O) groups is 1. The number of piperidine rings is 1. The van der Waals surface area contributed by atoms with Crippen molar-refractivity contribution in [3.63, 3.8) is 0 Å². The van der Waals surface area contributed by atoms with Crippen molar-refractivity contribution in [2.24, 2.45) is 5.92 Å². The second-order valence-electron chi connectivity index (χ2n) is 6.45. The van der Waals surface area contributed by atoms with Crippen LogP contribution in [0.3, 0.4) is 0 Å². The summed E-state index contributed by atoms with van der Waals surface area (Å²) in [5.74, 6) is 0.549. The summed E-state index contributed by atoms with van der Waals surface area (Å²) >= 11 is 0. The van der Waals surface area contributed by atoms with Crippen LogP contribution in [0, 0.1) is 5.92 Å². The van der Waals surface area contributed by atoms with Crippen LogP contribution < -0.4 is 5.32 Å². The van der Waals surface area contributed by atoms with Gasteiger partial charge in [0.25, 0.3) is 0 Å². The summed E-state index contributed by atoms with van der Waals surface area (Å²) in [4.78, 5) is 14.6. The third-order valence-corrected chi connectivity index (χ3v) is 5.04. The Morgan fingerprint density at radius 1 is 1.27 bits per heavy atom. The van der Waals surface area contributed by atoms with Crippen LogP contribution in [0.4, 0.5) is 0 Å². The first kappa shape index (κ1) is 15.5. The van der Waals surface area contributed by atoms with Gasteiger partial charge in [-0.25, -0.2) is 0 Å². The Hall–Kier alpha value is -1.39. The predicted octanol–water partition coefficient (Wildman–Crippen LogP) is 2.36. The molecule has 1 N–H and O–H groups in total. The van der Waals surface area contributed by atoms with Gasteiger partial charge in [-0.15, -0.1) is 0 Å². The van der Waals surface area contributed by atoms with E-state index in [4.69, 9.17) is 4.74 Å². The van der Waals surface area contributed by atoms with Crippen molar-refractivity contribution in [1.82, 2.24) is 10.2 Å². The maximum absolute atomic E-state index is 12.2. The zero-order chi connectivity index (χ0) is 15.4. The van der Waals surface area contributed by atoms with Gasteiger partial charge in [0, 0.05) is 12.6 Å². The molecule has 0 aliphatic carbocycles. The molecular formula is C18H26N2O2. The molecular weight excluding hydrogens is 276 g/mol.